The van der Waals surface area contributed by atoms with Crippen LogP contribution >= 0.6 is 0 Å². The molecule has 11 nitrogen and oxygen atoms in total. The molecule has 4 N–H and O–H groups in total. The van der Waals surface area contributed by atoms with E-state index in [9.17, 15) is 4.79 Å². The number of aliphatic hydroxyl groups excluding tert-OH is 1. The Balaban J connectivity index is 1.48. The van der Waals surface area contributed by atoms with Crippen molar-refractivity contribution in [2.45, 2.75) is 45.6 Å². The minimum Gasteiger partial charge on any atom is -0.395 e. The molecule has 1 atom stereocenters. The van der Waals surface area contributed by atoms with Gasteiger partial charge in [0.1, 0.15) is 17.7 Å². The quantitative estimate of drug-likeness (QED) is 0.379. The lowest BCUT2D eigenvalue weighted by Gasteiger charge is -2.11. The molecule has 0 aliphatic carbocycles. The molecule has 11 heteroatoms. The Bertz CT molecular complexity index is 1390. The third-order valence-corrected chi connectivity index (χ3v) is 4.87. The lowest BCUT2D eigenvalue weighted by molar-refractivity contribution is -0.334. The fraction of sp³-hybridized carbons (Fsp3) is 0.348. The highest BCUT2D eigenvalue weighted by Gasteiger charge is 2.25. The number of aromatic nitrogens is 7. The number of fused-ring (bicyclic) bond motifs is 1. The molecular weight excluding hydrogens is 436 g/mol. The highest BCUT2D eigenvalue weighted by molar-refractivity contribution is 5.92. The Morgan fingerprint density at radius 1 is 1.29 bits per heavy atom. The summed E-state index contributed by atoms with van der Waals surface area (Å²) in [5.74, 6) is 6.95. The molecule has 0 saturated carbocycles. The molecule has 0 aromatic carbocycles. The lowest BCUT2D eigenvalue weighted by atomic mass is 9.96. The van der Waals surface area contributed by atoms with Crippen molar-refractivity contribution >= 4 is 17.1 Å². The van der Waals surface area contributed by atoms with Crippen LogP contribution in [0.2, 0.25) is 0 Å². The second-order valence-electron chi connectivity index (χ2n) is 8.70. The second kappa shape index (κ2) is 9.36. The highest BCUT2D eigenvalue weighted by Crippen LogP contribution is 2.22. The minimum absolute atomic E-state index is 0.0380. The van der Waals surface area contributed by atoms with Gasteiger partial charge < -0.3 is 14.9 Å². The molecule has 0 spiro atoms. The van der Waals surface area contributed by atoms with Crippen LogP contribution in [0.4, 0.5) is 0 Å². The maximum Gasteiger partial charge on any atom is 0.303 e. The number of aromatic amines is 2. The van der Waals surface area contributed by atoms with Gasteiger partial charge in [-0.1, -0.05) is 36.8 Å². The molecule has 0 radical (unpaired) electrons. The van der Waals surface area contributed by atoms with Gasteiger partial charge in [0.05, 0.1) is 18.8 Å². The smallest absolute Gasteiger partial charge is 0.303 e. The van der Waals surface area contributed by atoms with Crippen molar-refractivity contribution in [2.75, 3.05) is 6.61 Å². The number of carbonyl (C=O) groups excluding carboxylic acids is 1. The third kappa shape index (κ3) is 5.07. The highest BCUT2D eigenvalue weighted by atomic mass is 16.5. The number of amides is 1. The zero-order chi connectivity index (χ0) is 24.3. The van der Waals surface area contributed by atoms with Gasteiger partial charge in [0.2, 0.25) is 5.82 Å². The molecule has 0 unspecified atom stereocenters. The van der Waals surface area contributed by atoms with Crippen molar-refractivity contribution in [3.63, 3.8) is 0 Å². The predicted molar refractivity (Wildman–Crippen MR) is 121 cm³/mol. The maximum absolute atomic E-state index is 12.6. The van der Waals surface area contributed by atoms with Crippen LogP contribution in [0.5, 0.6) is 0 Å². The van der Waals surface area contributed by atoms with E-state index < -0.39 is 11.9 Å². The van der Waals surface area contributed by atoms with E-state index in [1.165, 1.54) is 12.4 Å². The van der Waals surface area contributed by atoms with Crippen LogP contribution in [-0.2, 0) is 5.41 Å². The predicted octanol–water partition coefficient (Wildman–Crippen LogP) is 1.74. The molecule has 0 fully saturated rings. The van der Waals surface area contributed by atoms with Crippen molar-refractivity contribution in [1.29, 1.82) is 0 Å². The first-order chi connectivity index (χ1) is 16.2. The minimum atomic E-state index is -0.468. The maximum atomic E-state index is 12.6. The average molecular weight is 462 g/mol. The van der Waals surface area contributed by atoms with Crippen molar-refractivity contribution < 1.29 is 19.4 Å². The summed E-state index contributed by atoms with van der Waals surface area (Å²) in [6.07, 6.45) is 3.33. The molecule has 4 heterocycles. The third-order valence-electron chi connectivity index (χ3n) is 4.87. The van der Waals surface area contributed by atoms with E-state index in [0.717, 1.165) is 11.3 Å². The van der Waals surface area contributed by atoms with Gasteiger partial charge in [-0.2, -0.15) is 0 Å². The SMILES string of the molecule is C[C@@H](NC(=O)c1cc(C#CCCO)ncn1)c1cc(-c2[nH]c3cnc(C(C)(C)C)nc3[nH+]2)no1. The second-order valence-corrected chi connectivity index (χ2v) is 8.70. The van der Waals surface area contributed by atoms with Gasteiger partial charge in [-0.05, 0) is 12.8 Å². The summed E-state index contributed by atoms with van der Waals surface area (Å²) in [6, 6.07) is 2.75. The van der Waals surface area contributed by atoms with Crippen molar-refractivity contribution in [2.24, 2.45) is 0 Å². The van der Waals surface area contributed by atoms with E-state index in [2.05, 4.69) is 52.2 Å². The van der Waals surface area contributed by atoms with Crippen LogP contribution in [0.25, 0.3) is 22.7 Å². The lowest BCUT2D eigenvalue weighted by Crippen LogP contribution is -2.27. The Morgan fingerprint density at radius 3 is 2.88 bits per heavy atom. The number of aliphatic hydroxyl groups is 1. The molecule has 174 valence electrons. The van der Waals surface area contributed by atoms with Crippen molar-refractivity contribution in [3.05, 3.63) is 47.6 Å². The summed E-state index contributed by atoms with van der Waals surface area (Å²) in [5.41, 5.74) is 2.35. The normalized spacial score (nSPS) is 12.3. The first-order valence-corrected chi connectivity index (χ1v) is 10.7. The van der Waals surface area contributed by atoms with Gasteiger partial charge in [0.25, 0.3) is 11.7 Å². The average Bonchev–Trinajstić information content (AvgIpc) is 3.45. The zero-order valence-corrected chi connectivity index (χ0v) is 19.3. The first-order valence-electron chi connectivity index (χ1n) is 10.7. The molecule has 34 heavy (non-hydrogen) atoms. The number of imidazole rings is 1. The van der Waals surface area contributed by atoms with Crippen molar-refractivity contribution in [1.82, 2.24) is 35.4 Å². The van der Waals surface area contributed by atoms with Gasteiger partial charge in [-0.3, -0.25) is 9.78 Å². The number of H-pyrrole nitrogens is 2. The Kier molecular flexibility index (Phi) is 6.34. The van der Waals surface area contributed by atoms with E-state index in [1.807, 2.05) is 20.8 Å². The standard InChI is InChI=1S/C23H24N8O3/c1-13(27-21(33)16-9-14(25-12-26-16)7-5-6-8-32)18-10-15(31-34-18)19-28-17-11-24-22(23(2,3)4)30-20(17)29-19/h9-13,32H,6,8H2,1-4H3,(H,27,33)(H,24,28,29,30)/p+1/t13-/m1/s1. The topological polar surface area (TPSA) is 157 Å². The van der Waals surface area contributed by atoms with Crippen LogP contribution in [-0.4, -0.2) is 47.7 Å². The van der Waals surface area contributed by atoms with Gasteiger partial charge >= 0.3 is 5.65 Å². The Morgan fingerprint density at radius 2 is 2.12 bits per heavy atom. The van der Waals surface area contributed by atoms with Crippen LogP contribution in [0.3, 0.4) is 0 Å². The van der Waals surface area contributed by atoms with E-state index in [1.54, 1.807) is 19.2 Å². The molecule has 0 saturated heterocycles. The number of rotatable bonds is 5. The molecular formula is C23H25N8O3+. The van der Waals surface area contributed by atoms with E-state index in [0.29, 0.717) is 35.0 Å². The number of carbonyl (C=O) groups is 1. The summed E-state index contributed by atoms with van der Waals surface area (Å²) in [7, 11) is 0. The fourth-order valence-corrected chi connectivity index (χ4v) is 3.05. The Hall–Kier alpha value is -4.17. The molecule has 0 bridgehead atoms. The zero-order valence-electron chi connectivity index (χ0n) is 19.3. The first kappa shape index (κ1) is 23.0. The van der Waals surface area contributed by atoms with Crippen molar-refractivity contribution in [3.8, 4) is 23.4 Å². The van der Waals surface area contributed by atoms with Gasteiger partial charge in [-0.15, -0.1) is 0 Å². The Labute approximate surface area is 195 Å². The largest absolute Gasteiger partial charge is 0.395 e. The van der Waals surface area contributed by atoms with E-state index in [4.69, 9.17) is 9.63 Å². The van der Waals surface area contributed by atoms with Gasteiger partial charge in [0.15, 0.2) is 17.0 Å². The summed E-state index contributed by atoms with van der Waals surface area (Å²) in [5, 5.41) is 15.8. The number of hydrogen-bond donors (Lipinski definition) is 3. The van der Waals surface area contributed by atoms with Crippen LogP contribution in [0, 0.1) is 11.8 Å². The molecule has 0 aliphatic heterocycles. The molecule has 0 aliphatic rings. The summed E-state index contributed by atoms with van der Waals surface area (Å²) in [6.45, 7) is 7.89. The monoisotopic (exact) mass is 461 g/mol. The molecule has 4 aromatic heterocycles. The summed E-state index contributed by atoms with van der Waals surface area (Å²) >= 11 is 0. The van der Waals surface area contributed by atoms with Crippen LogP contribution < -0.4 is 10.3 Å². The van der Waals surface area contributed by atoms with E-state index >= 15 is 0 Å². The van der Waals surface area contributed by atoms with Crippen LogP contribution in [0.15, 0.2) is 29.2 Å². The van der Waals surface area contributed by atoms with Crippen LogP contribution in [0.1, 0.15) is 67.9 Å². The van der Waals surface area contributed by atoms with Gasteiger partial charge in [-0.25, -0.2) is 19.9 Å². The summed E-state index contributed by atoms with van der Waals surface area (Å²) < 4.78 is 5.46. The number of nitrogens with one attached hydrogen (secondary N) is 3. The molecule has 1 amide bonds. The fourth-order valence-electron chi connectivity index (χ4n) is 3.05. The number of nitrogens with zero attached hydrogens (tertiary/aromatic N) is 5. The number of hydrogen-bond acceptors (Lipinski definition) is 8. The van der Waals surface area contributed by atoms with Gasteiger partial charge in [0, 0.05) is 24.0 Å². The van der Waals surface area contributed by atoms with E-state index in [-0.39, 0.29) is 17.7 Å². The molecule has 4 rings (SSSR count). The molecule has 4 aromatic rings. The summed E-state index contributed by atoms with van der Waals surface area (Å²) in [4.78, 5) is 36.1.